The minimum atomic E-state index is -0.0147. The first-order valence-electron chi connectivity index (χ1n) is 5.80. The summed E-state index contributed by atoms with van der Waals surface area (Å²) in [5, 5.41) is 8.92. The molecule has 1 aromatic rings. The zero-order valence-corrected chi connectivity index (χ0v) is 10.0. The van der Waals surface area contributed by atoms with Gasteiger partial charge in [0.1, 0.15) is 18.1 Å². The van der Waals surface area contributed by atoms with E-state index in [2.05, 4.69) is 23.8 Å². The van der Waals surface area contributed by atoms with Gasteiger partial charge in [-0.05, 0) is 26.1 Å². The number of furan rings is 1. The number of rotatable bonds is 3. The van der Waals surface area contributed by atoms with Crippen LogP contribution in [0.1, 0.15) is 18.4 Å². The van der Waals surface area contributed by atoms with Gasteiger partial charge in [0, 0.05) is 25.7 Å². The van der Waals surface area contributed by atoms with Crippen LogP contribution in [0.2, 0.25) is 0 Å². The molecule has 1 aliphatic heterocycles. The number of nitrogens with zero attached hydrogens (tertiary/aromatic N) is 2. The summed E-state index contributed by atoms with van der Waals surface area (Å²) in [7, 11) is 2.17. The van der Waals surface area contributed by atoms with Gasteiger partial charge in [0.2, 0.25) is 0 Å². The monoisotopic (exact) mass is 224 g/mol. The molecule has 1 fully saturated rings. The summed E-state index contributed by atoms with van der Waals surface area (Å²) in [6, 6.07) is 4.39. The second-order valence-corrected chi connectivity index (χ2v) is 4.59. The molecule has 90 valence electrons. The summed E-state index contributed by atoms with van der Waals surface area (Å²) in [5.41, 5.74) is 0. The van der Waals surface area contributed by atoms with Gasteiger partial charge in [-0.25, -0.2) is 0 Å². The average Bonchev–Trinajstić information content (AvgIpc) is 2.71. The summed E-state index contributed by atoms with van der Waals surface area (Å²) < 4.78 is 5.49. The van der Waals surface area contributed by atoms with Gasteiger partial charge < -0.3 is 14.4 Å². The molecule has 0 amide bonds. The van der Waals surface area contributed by atoms with Crippen molar-refractivity contribution in [3.63, 3.8) is 0 Å². The van der Waals surface area contributed by atoms with Gasteiger partial charge in [0.25, 0.3) is 0 Å². The summed E-state index contributed by atoms with van der Waals surface area (Å²) in [4.78, 5) is 4.77. The molecule has 2 rings (SSSR count). The number of aliphatic hydroxyl groups excluding tert-OH is 1. The highest BCUT2D eigenvalue weighted by atomic mass is 16.4. The van der Waals surface area contributed by atoms with E-state index in [0.717, 1.165) is 31.9 Å². The van der Waals surface area contributed by atoms with Crippen LogP contribution in [-0.4, -0.2) is 47.6 Å². The molecular formula is C12H20N2O2. The normalized spacial score (nSPS) is 23.8. The molecule has 0 aromatic carbocycles. The van der Waals surface area contributed by atoms with Crippen molar-refractivity contribution in [1.29, 1.82) is 0 Å². The molecule has 0 spiro atoms. The van der Waals surface area contributed by atoms with Crippen LogP contribution in [0.5, 0.6) is 0 Å². The molecule has 1 aliphatic rings. The van der Waals surface area contributed by atoms with E-state index in [1.165, 1.54) is 0 Å². The first kappa shape index (κ1) is 11.6. The van der Waals surface area contributed by atoms with Crippen LogP contribution >= 0.6 is 0 Å². The molecule has 0 saturated carbocycles. The first-order chi connectivity index (χ1) is 7.69. The number of piperazine rings is 1. The van der Waals surface area contributed by atoms with Crippen LogP contribution in [0.4, 0.5) is 0 Å². The van der Waals surface area contributed by atoms with Crippen LogP contribution in [0.15, 0.2) is 16.5 Å². The van der Waals surface area contributed by atoms with E-state index in [1.807, 2.05) is 12.1 Å². The second-order valence-electron chi connectivity index (χ2n) is 4.59. The third-order valence-corrected chi connectivity index (χ3v) is 3.30. The quantitative estimate of drug-likeness (QED) is 0.828. The second kappa shape index (κ2) is 4.99. The van der Waals surface area contributed by atoms with E-state index in [0.29, 0.717) is 11.8 Å². The summed E-state index contributed by atoms with van der Waals surface area (Å²) in [6.45, 7) is 6.33. The van der Waals surface area contributed by atoms with Crippen LogP contribution in [-0.2, 0) is 13.2 Å². The number of hydrogen-bond donors (Lipinski definition) is 1. The fraction of sp³-hybridized carbons (Fsp3) is 0.667. The van der Waals surface area contributed by atoms with E-state index < -0.39 is 0 Å². The molecule has 1 aromatic heterocycles. The Bertz CT molecular complexity index is 338. The SMILES string of the molecule is CC1CN(Cc2ccc(CO)o2)CCN1C. The molecule has 1 saturated heterocycles. The Balaban J connectivity index is 1.90. The lowest BCUT2D eigenvalue weighted by molar-refractivity contribution is 0.0936. The maximum absolute atomic E-state index is 8.92. The standard InChI is InChI=1S/C12H20N2O2/c1-10-7-14(6-5-13(10)2)8-11-3-4-12(9-15)16-11/h3-4,10,15H,5-9H2,1-2H3. The van der Waals surface area contributed by atoms with Crippen molar-refractivity contribution < 1.29 is 9.52 Å². The molecule has 4 heteroatoms. The number of hydrogen-bond acceptors (Lipinski definition) is 4. The predicted octanol–water partition coefficient (Wildman–Crippen LogP) is 0.908. The van der Waals surface area contributed by atoms with Crippen molar-refractivity contribution in [2.24, 2.45) is 0 Å². The zero-order chi connectivity index (χ0) is 11.5. The van der Waals surface area contributed by atoms with Crippen molar-refractivity contribution in [1.82, 2.24) is 9.80 Å². The Hall–Kier alpha value is -0.840. The molecule has 16 heavy (non-hydrogen) atoms. The molecule has 0 bridgehead atoms. The highest BCUT2D eigenvalue weighted by Crippen LogP contribution is 2.14. The lowest BCUT2D eigenvalue weighted by Gasteiger charge is -2.37. The van der Waals surface area contributed by atoms with Crippen molar-refractivity contribution in [3.05, 3.63) is 23.7 Å². The van der Waals surface area contributed by atoms with E-state index in [4.69, 9.17) is 9.52 Å². The van der Waals surface area contributed by atoms with Crippen molar-refractivity contribution in [3.8, 4) is 0 Å². The highest BCUT2D eigenvalue weighted by molar-refractivity contribution is 5.06. The number of likely N-dealkylation sites (N-methyl/N-ethyl adjacent to an activating group) is 1. The first-order valence-corrected chi connectivity index (χ1v) is 5.80. The number of aliphatic hydroxyl groups is 1. The van der Waals surface area contributed by atoms with E-state index in [9.17, 15) is 0 Å². The maximum atomic E-state index is 8.92. The Labute approximate surface area is 96.5 Å². The predicted molar refractivity (Wildman–Crippen MR) is 62.0 cm³/mol. The molecule has 1 unspecified atom stereocenters. The van der Waals surface area contributed by atoms with Gasteiger partial charge in [0.05, 0.1) is 6.54 Å². The van der Waals surface area contributed by atoms with Crippen molar-refractivity contribution >= 4 is 0 Å². The maximum Gasteiger partial charge on any atom is 0.129 e. The third kappa shape index (κ3) is 2.64. The zero-order valence-electron chi connectivity index (χ0n) is 10.0. The summed E-state index contributed by atoms with van der Waals surface area (Å²) >= 11 is 0. The topological polar surface area (TPSA) is 39.9 Å². The van der Waals surface area contributed by atoms with Gasteiger partial charge >= 0.3 is 0 Å². The average molecular weight is 224 g/mol. The molecule has 0 aliphatic carbocycles. The largest absolute Gasteiger partial charge is 0.462 e. The Morgan fingerprint density at radius 1 is 1.38 bits per heavy atom. The van der Waals surface area contributed by atoms with Crippen LogP contribution in [0, 0.1) is 0 Å². The lowest BCUT2D eigenvalue weighted by atomic mass is 10.2. The minimum Gasteiger partial charge on any atom is -0.462 e. The van der Waals surface area contributed by atoms with Gasteiger partial charge in [0.15, 0.2) is 0 Å². The third-order valence-electron chi connectivity index (χ3n) is 3.30. The molecule has 2 heterocycles. The van der Waals surface area contributed by atoms with E-state index in [-0.39, 0.29) is 6.61 Å². The van der Waals surface area contributed by atoms with Gasteiger partial charge in [-0.2, -0.15) is 0 Å². The van der Waals surface area contributed by atoms with Crippen LogP contribution in [0.25, 0.3) is 0 Å². The van der Waals surface area contributed by atoms with Gasteiger partial charge in [-0.3, -0.25) is 4.90 Å². The smallest absolute Gasteiger partial charge is 0.129 e. The van der Waals surface area contributed by atoms with Gasteiger partial charge in [-0.15, -0.1) is 0 Å². The minimum absolute atomic E-state index is 0.0147. The molecular weight excluding hydrogens is 204 g/mol. The Morgan fingerprint density at radius 3 is 2.75 bits per heavy atom. The molecule has 1 N–H and O–H groups in total. The van der Waals surface area contributed by atoms with E-state index in [1.54, 1.807) is 0 Å². The summed E-state index contributed by atoms with van der Waals surface area (Å²) in [6.07, 6.45) is 0. The fourth-order valence-electron chi connectivity index (χ4n) is 2.08. The van der Waals surface area contributed by atoms with E-state index >= 15 is 0 Å². The van der Waals surface area contributed by atoms with Gasteiger partial charge in [-0.1, -0.05) is 0 Å². The fourth-order valence-corrected chi connectivity index (χ4v) is 2.08. The van der Waals surface area contributed by atoms with Crippen molar-refractivity contribution in [2.45, 2.75) is 26.1 Å². The molecule has 4 nitrogen and oxygen atoms in total. The molecule has 0 radical (unpaired) electrons. The summed E-state index contributed by atoms with van der Waals surface area (Å²) in [5.74, 6) is 1.60. The Morgan fingerprint density at radius 2 is 2.12 bits per heavy atom. The van der Waals surface area contributed by atoms with Crippen LogP contribution < -0.4 is 0 Å². The Kier molecular flexibility index (Phi) is 3.63. The molecule has 1 atom stereocenters. The lowest BCUT2D eigenvalue weighted by Crippen LogP contribution is -2.49. The highest BCUT2D eigenvalue weighted by Gasteiger charge is 2.21. The van der Waals surface area contributed by atoms with Crippen LogP contribution in [0.3, 0.4) is 0 Å². The van der Waals surface area contributed by atoms with Crippen molar-refractivity contribution in [2.75, 3.05) is 26.7 Å².